The summed E-state index contributed by atoms with van der Waals surface area (Å²) in [5.41, 5.74) is -3.39. The Labute approximate surface area is 137 Å². The van der Waals surface area contributed by atoms with E-state index in [0.717, 1.165) is 15.7 Å². The standard InChI is InChI=1S/C14H20F3N3O4/c1-19(7-4-5-11(22)24-3)10(21)9-13(23,14(15,16)17)12-18-6-8-20(12)2/h6,8,23H,4-5,7,9H2,1-3H3. The molecule has 0 aliphatic carbocycles. The van der Waals surface area contributed by atoms with E-state index in [1.165, 1.54) is 27.4 Å². The van der Waals surface area contributed by atoms with Gasteiger partial charge in [0.1, 0.15) is 0 Å². The number of amides is 1. The van der Waals surface area contributed by atoms with Gasteiger partial charge in [-0.15, -0.1) is 0 Å². The van der Waals surface area contributed by atoms with Gasteiger partial charge >= 0.3 is 12.1 Å². The van der Waals surface area contributed by atoms with E-state index in [4.69, 9.17) is 0 Å². The van der Waals surface area contributed by atoms with Crippen LogP contribution >= 0.6 is 0 Å². The number of aromatic nitrogens is 2. The first-order chi connectivity index (χ1) is 11.0. The minimum Gasteiger partial charge on any atom is -0.469 e. The third-order valence-electron chi connectivity index (χ3n) is 3.59. The number of methoxy groups -OCH3 is 1. The predicted octanol–water partition coefficient (Wildman–Crippen LogP) is 0.972. The zero-order chi connectivity index (χ0) is 18.5. The van der Waals surface area contributed by atoms with E-state index in [1.54, 1.807) is 0 Å². The molecular weight excluding hydrogens is 331 g/mol. The summed E-state index contributed by atoms with van der Waals surface area (Å²) < 4.78 is 45.5. The summed E-state index contributed by atoms with van der Waals surface area (Å²) in [6.45, 7) is 0.0580. The molecule has 1 heterocycles. The van der Waals surface area contributed by atoms with Crippen molar-refractivity contribution in [3.63, 3.8) is 0 Å². The molecule has 0 radical (unpaired) electrons. The number of carbonyl (C=O) groups excluding carboxylic acids is 2. The fraction of sp³-hybridized carbons (Fsp3) is 0.643. The molecule has 1 atom stereocenters. The predicted molar refractivity (Wildman–Crippen MR) is 76.7 cm³/mol. The highest BCUT2D eigenvalue weighted by Crippen LogP contribution is 2.41. The summed E-state index contributed by atoms with van der Waals surface area (Å²) >= 11 is 0. The monoisotopic (exact) mass is 351 g/mol. The number of aliphatic hydroxyl groups is 1. The molecule has 0 saturated carbocycles. The first-order valence-electron chi connectivity index (χ1n) is 7.10. The van der Waals surface area contributed by atoms with Crippen LogP contribution in [0.25, 0.3) is 0 Å². The van der Waals surface area contributed by atoms with Crippen LogP contribution in [0.5, 0.6) is 0 Å². The molecule has 0 bridgehead atoms. The summed E-state index contributed by atoms with van der Waals surface area (Å²) in [5.74, 6) is -2.05. The molecule has 0 fully saturated rings. The molecule has 1 rings (SSSR count). The van der Waals surface area contributed by atoms with Gasteiger partial charge in [-0.3, -0.25) is 9.59 Å². The van der Waals surface area contributed by atoms with Crippen LogP contribution in [-0.4, -0.2) is 58.3 Å². The lowest BCUT2D eigenvalue weighted by Crippen LogP contribution is -2.48. The fourth-order valence-electron chi connectivity index (χ4n) is 2.11. The lowest BCUT2D eigenvalue weighted by Gasteiger charge is -2.31. The number of carbonyl (C=O) groups is 2. The smallest absolute Gasteiger partial charge is 0.425 e. The molecule has 0 aliphatic rings. The summed E-state index contributed by atoms with van der Waals surface area (Å²) in [4.78, 5) is 27.6. The quantitative estimate of drug-likeness (QED) is 0.740. The molecule has 1 N–H and O–H groups in total. The van der Waals surface area contributed by atoms with E-state index in [1.807, 2.05) is 0 Å². The van der Waals surface area contributed by atoms with Crippen LogP contribution in [0.2, 0.25) is 0 Å². The molecule has 1 unspecified atom stereocenters. The van der Waals surface area contributed by atoms with Gasteiger partial charge in [-0.1, -0.05) is 0 Å². The van der Waals surface area contributed by atoms with Crippen molar-refractivity contribution in [2.24, 2.45) is 7.05 Å². The van der Waals surface area contributed by atoms with Gasteiger partial charge in [0.15, 0.2) is 5.82 Å². The summed E-state index contributed by atoms with van der Waals surface area (Å²) in [5, 5.41) is 10.1. The first kappa shape index (κ1) is 19.9. The van der Waals surface area contributed by atoms with Crippen molar-refractivity contribution < 1.29 is 32.6 Å². The van der Waals surface area contributed by atoms with Crippen LogP contribution in [0.4, 0.5) is 13.2 Å². The number of nitrogens with zero attached hydrogens (tertiary/aromatic N) is 3. The summed E-state index contributed by atoms with van der Waals surface area (Å²) in [6.07, 6.45) is -3.64. The number of ether oxygens (including phenoxy) is 1. The number of aryl methyl sites for hydroxylation is 1. The topological polar surface area (TPSA) is 84.7 Å². The molecule has 0 aliphatic heterocycles. The van der Waals surface area contributed by atoms with Gasteiger partial charge in [0.05, 0.1) is 13.5 Å². The van der Waals surface area contributed by atoms with E-state index in [0.29, 0.717) is 0 Å². The zero-order valence-electron chi connectivity index (χ0n) is 13.6. The van der Waals surface area contributed by atoms with Crippen LogP contribution in [0.1, 0.15) is 25.1 Å². The van der Waals surface area contributed by atoms with Crippen LogP contribution in [0, 0.1) is 0 Å². The molecule has 136 valence electrons. The second-order valence-electron chi connectivity index (χ2n) is 5.39. The van der Waals surface area contributed by atoms with E-state index in [-0.39, 0.29) is 19.4 Å². The highest BCUT2D eigenvalue weighted by atomic mass is 19.4. The van der Waals surface area contributed by atoms with Gasteiger partial charge < -0.3 is 19.3 Å². The first-order valence-corrected chi connectivity index (χ1v) is 7.10. The van der Waals surface area contributed by atoms with Gasteiger partial charge in [0.2, 0.25) is 11.5 Å². The molecule has 24 heavy (non-hydrogen) atoms. The Balaban J connectivity index is 2.83. The number of alkyl halides is 3. The number of halogens is 3. The molecule has 7 nitrogen and oxygen atoms in total. The lowest BCUT2D eigenvalue weighted by atomic mass is 9.96. The minimum atomic E-state index is -5.07. The van der Waals surface area contributed by atoms with Gasteiger partial charge in [-0.05, 0) is 6.42 Å². The highest BCUT2D eigenvalue weighted by Gasteiger charge is 2.58. The molecule has 10 heteroatoms. The van der Waals surface area contributed by atoms with E-state index in [2.05, 4.69) is 9.72 Å². The van der Waals surface area contributed by atoms with Crippen LogP contribution in [0.3, 0.4) is 0 Å². The number of rotatable bonds is 7. The Morgan fingerprint density at radius 1 is 1.42 bits per heavy atom. The molecule has 0 spiro atoms. The van der Waals surface area contributed by atoms with Crippen molar-refractivity contribution in [2.75, 3.05) is 20.7 Å². The van der Waals surface area contributed by atoms with Gasteiger partial charge in [0.25, 0.3) is 0 Å². The van der Waals surface area contributed by atoms with Crippen molar-refractivity contribution >= 4 is 11.9 Å². The Bertz CT molecular complexity index is 588. The largest absolute Gasteiger partial charge is 0.469 e. The second kappa shape index (κ2) is 7.65. The second-order valence-corrected chi connectivity index (χ2v) is 5.39. The number of imidazole rings is 1. The van der Waals surface area contributed by atoms with E-state index in [9.17, 15) is 27.9 Å². The Morgan fingerprint density at radius 3 is 2.50 bits per heavy atom. The van der Waals surface area contributed by atoms with Crippen LogP contribution in [-0.2, 0) is 27.0 Å². The van der Waals surface area contributed by atoms with Crippen molar-refractivity contribution in [1.82, 2.24) is 14.5 Å². The molecular formula is C14H20F3N3O4. The number of esters is 1. The molecule has 1 aromatic rings. The Hall–Kier alpha value is -2.10. The van der Waals surface area contributed by atoms with Gasteiger partial charge in [-0.2, -0.15) is 13.2 Å². The van der Waals surface area contributed by atoms with Crippen molar-refractivity contribution in [2.45, 2.75) is 31.0 Å². The minimum absolute atomic E-state index is 0.0387. The van der Waals surface area contributed by atoms with E-state index < -0.39 is 35.9 Å². The lowest BCUT2D eigenvalue weighted by molar-refractivity contribution is -0.271. The summed E-state index contributed by atoms with van der Waals surface area (Å²) in [6, 6.07) is 0. The summed E-state index contributed by atoms with van der Waals surface area (Å²) in [7, 11) is 3.81. The maximum absolute atomic E-state index is 13.3. The number of hydrogen-bond donors (Lipinski definition) is 1. The average Bonchev–Trinajstić information content (AvgIpc) is 2.92. The fourth-order valence-corrected chi connectivity index (χ4v) is 2.11. The average molecular weight is 351 g/mol. The van der Waals surface area contributed by atoms with Gasteiger partial charge in [0, 0.05) is 39.5 Å². The zero-order valence-corrected chi connectivity index (χ0v) is 13.6. The third-order valence-corrected chi connectivity index (χ3v) is 3.59. The van der Waals surface area contributed by atoms with Crippen LogP contribution in [0.15, 0.2) is 12.4 Å². The Kier molecular flexibility index (Phi) is 6.35. The Morgan fingerprint density at radius 2 is 2.04 bits per heavy atom. The van der Waals surface area contributed by atoms with Crippen molar-refractivity contribution in [3.8, 4) is 0 Å². The molecule has 1 aromatic heterocycles. The van der Waals surface area contributed by atoms with Crippen molar-refractivity contribution in [1.29, 1.82) is 0 Å². The maximum atomic E-state index is 13.3. The molecule has 0 saturated heterocycles. The normalized spacial score (nSPS) is 14.1. The molecule has 1 amide bonds. The van der Waals surface area contributed by atoms with E-state index >= 15 is 0 Å². The number of hydrogen-bond acceptors (Lipinski definition) is 5. The molecule has 0 aromatic carbocycles. The van der Waals surface area contributed by atoms with Crippen molar-refractivity contribution in [3.05, 3.63) is 18.2 Å². The maximum Gasteiger partial charge on any atom is 0.425 e. The van der Waals surface area contributed by atoms with Gasteiger partial charge in [-0.25, -0.2) is 4.98 Å². The SMILES string of the molecule is COC(=O)CCCN(C)C(=O)CC(O)(c1nccn1C)C(F)(F)F. The van der Waals surface area contributed by atoms with Crippen LogP contribution < -0.4 is 0 Å². The third kappa shape index (κ3) is 4.47. The highest BCUT2D eigenvalue weighted by molar-refractivity contribution is 5.77.